The van der Waals surface area contributed by atoms with Gasteiger partial charge in [0.15, 0.2) is 12.2 Å². The maximum Gasteiger partial charge on any atom is 0.338 e. The Bertz CT molecular complexity index is 275. The van der Waals surface area contributed by atoms with Crippen LogP contribution in [0, 0.1) is 0 Å². The van der Waals surface area contributed by atoms with Gasteiger partial charge in [-0.3, -0.25) is 0 Å². The zero-order valence-corrected chi connectivity index (χ0v) is 13.8. The first kappa shape index (κ1) is 20.9. The second kappa shape index (κ2) is 13.5. The van der Waals surface area contributed by atoms with Crippen molar-refractivity contribution in [1.82, 2.24) is 0 Å². The molecule has 6 nitrogen and oxygen atoms in total. The smallest absolute Gasteiger partial charge is 0.338 e. The van der Waals surface area contributed by atoms with Gasteiger partial charge in [-0.2, -0.15) is 0 Å². The van der Waals surface area contributed by atoms with Crippen LogP contribution in [0.15, 0.2) is 0 Å². The molecule has 0 aliphatic carbocycles. The highest BCUT2D eigenvalue weighted by Crippen LogP contribution is 2.04. The Hall–Kier alpha value is -1.14. The van der Waals surface area contributed by atoms with Gasteiger partial charge in [-0.05, 0) is 12.8 Å². The molecule has 130 valence electrons. The lowest BCUT2D eigenvalue weighted by Gasteiger charge is -2.16. The van der Waals surface area contributed by atoms with Crippen molar-refractivity contribution >= 4 is 11.9 Å². The Morgan fingerprint density at radius 3 is 1.41 bits per heavy atom. The summed E-state index contributed by atoms with van der Waals surface area (Å²) in [6.45, 7) is 4.49. The molecule has 0 saturated heterocycles. The van der Waals surface area contributed by atoms with Crippen LogP contribution >= 0.6 is 0 Å². The second-order valence-corrected chi connectivity index (χ2v) is 5.35. The van der Waals surface area contributed by atoms with Crippen LogP contribution in [-0.2, 0) is 19.1 Å². The van der Waals surface area contributed by atoms with Gasteiger partial charge >= 0.3 is 11.9 Å². The summed E-state index contributed by atoms with van der Waals surface area (Å²) in [5.41, 5.74) is 0. The van der Waals surface area contributed by atoms with Crippen molar-refractivity contribution in [3.05, 3.63) is 0 Å². The molecule has 6 heteroatoms. The van der Waals surface area contributed by atoms with E-state index in [4.69, 9.17) is 9.47 Å². The lowest BCUT2D eigenvalue weighted by atomic mass is 10.2. The average Bonchev–Trinajstić information content (AvgIpc) is 2.52. The lowest BCUT2D eigenvalue weighted by Crippen LogP contribution is -2.41. The number of unbranched alkanes of at least 4 members (excludes halogenated alkanes) is 6. The fourth-order valence-corrected chi connectivity index (χ4v) is 1.83. The highest BCUT2D eigenvalue weighted by atomic mass is 16.6. The Balaban J connectivity index is 3.88. The third kappa shape index (κ3) is 9.73. The molecule has 0 saturated carbocycles. The molecule has 0 fully saturated rings. The van der Waals surface area contributed by atoms with Crippen molar-refractivity contribution in [2.45, 2.75) is 77.4 Å². The summed E-state index contributed by atoms with van der Waals surface area (Å²) < 4.78 is 9.65. The minimum Gasteiger partial charge on any atom is -0.464 e. The summed E-state index contributed by atoms with van der Waals surface area (Å²) in [6.07, 6.45) is 3.71. The number of esters is 2. The van der Waals surface area contributed by atoms with E-state index in [0.29, 0.717) is 12.8 Å². The molecule has 0 aromatic heterocycles. The number of hydrogen-bond donors (Lipinski definition) is 2. The lowest BCUT2D eigenvalue weighted by molar-refractivity contribution is -0.173. The highest BCUT2D eigenvalue weighted by Gasteiger charge is 2.32. The minimum absolute atomic E-state index is 0.175. The van der Waals surface area contributed by atoms with Crippen molar-refractivity contribution < 1.29 is 29.3 Å². The first-order valence-corrected chi connectivity index (χ1v) is 8.24. The third-order valence-electron chi connectivity index (χ3n) is 3.27. The van der Waals surface area contributed by atoms with Crippen LogP contribution in [0.4, 0.5) is 0 Å². The maximum atomic E-state index is 11.5. The Labute approximate surface area is 132 Å². The molecule has 0 unspecified atom stereocenters. The maximum absolute atomic E-state index is 11.5. The van der Waals surface area contributed by atoms with E-state index in [1.807, 2.05) is 0 Å². The van der Waals surface area contributed by atoms with Crippen molar-refractivity contribution in [3.63, 3.8) is 0 Å². The van der Waals surface area contributed by atoms with Crippen molar-refractivity contribution in [3.8, 4) is 0 Å². The Morgan fingerprint density at radius 1 is 0.727 bits per heavy atom. The van der Waals surface area contributed by atoms with Crippen LogP contribution in [0.25, 0.3) is 0 Å². The van der Waals surface area contributed by atoms with Gasteiger partial charge in [0.05, 0.1) is 13.2 Å². The third-order valence-corrected chi connectivity index (χ3v) is 3.27. The largest absolute Gasteiger partial charge is 0.464 e. The van der Waals surface area contributed by atoms with E-state index in [-0.39, 0.29) is 13.2 Å². The molecular formula is C16H30O6. The SMILES string of the molecule is CCCCCCOC(=O)[C@@H](O)[C@H](O)C(=O)OCCCCCC. The normalized spacial score (nSPS) is 13.5. The molecule has 0 rings (SSSR count). The molecule has 0 radical (unpaired) electrons. The van der Waals surface area contributed by atoms with E-state index in [1.54, 1.807) is 0 Å². The molecule has 0 spiro atoms. The molecule has 0 bridgehead atoms. The van der Waals surface area contributed by atoms with Gasteiger partial charge in [-0.1, -0.05) is 52.4 Å². The Morgan fingerprint density at radius 2 is 1.09 bits per heavy atom. The van der Waals surface area contributed by atoms with Crippen LogP contribution in [-0.4, -0.2) is 47.6 Å². The zero-order chi connectivity index (χ0) is 16.8. The number of carbonyl (C=O) groups is 2. The molecule has 0 aromatic carbocycles. The standard InChI is InChI=1S/C16H30O6/c1-3-5-7-9-11-21-15(19)13(17)14(18)16(20)22-12-10-8-6-4-2/h13-14,17-18H,3-12H2,1-2H3/t13-,14-/m0/s1. The van der Waals surface area contributed by atoms with E-state index in [1.165, 1.54) is 0 Å². The molecule has 0 aliphatic rings. The van der Waals surface area contributed by atoms with Gasteiger partial charge in [0.2, 0.25) is 0 Å². The van der Waals surface area contributed by atoms with Crippen LogP contribution in [0.5, 0.6) is 0 Å². The van der Waals surface area contributed by atoms with Crippen LogP contribution in [0.2, 0.25) is 0 Å². The molecule has 2 N–H and O–H groups in total. The van der Waals surface area contributed by atoms with E-state index >= 15 is 0 Å². The van der Waals surface area contributed by atoms with Crippen LogP contribution < -0.4 is 0 Å². The number of ether oxygens (including phenoxy) is 2. The number of hydrogen-bond acceptors (Lipinski definition) is 6. The van der Waals surface area contributed by atoms with E-state index in [0.717, 1.165) is 38.5 Å². The predicted molar refractivity (Wildman–Crippen MR) is 82.2 cm³/mol. The van der Waals surface area contributed by atoms with E-state index in [2.05, 4.69) is 13.8 Å². The average molecular weight is 318 g/mol. The number of aliphatic hydroxyl groups excluding tert-OH is 2. The summed E-state index contributed by atoms with van der Waals surface area (Å²) in [6, 6.07) is 0. The zero-order valence-electron chi connectivity index (χ0n) is 13.8. The monoisotopic (exact) mass is 318 g/mol. The Kier molecular flexibility index (Phi) is 12.8. The molecule has 2 atom stereocenters. The van der Waals surface area contributed by atoms with Gasteiger partial charge < -0.3 is 19.7 Å². The summed E-state index contributed by atoms with van der Waals surface area (Å²) in [5, 5.41) is 19.1. The fraction of sp³-hybridized carbons (Fsp3) is 0.875. The molecule has 22 heavy (non-hydrogen) atoms. The second-order valence-electron chi connectivity index (χ2n) is 5.35. The predicted octanol–water partition coefficient (Wildman–Crippen LogP) is 1.96. The minimum atomic E-state index is -1.89. The van der Waals surface area contributed by atoms with Crippen LogP contribution in [0.3, 0.4) is 0 Å². The molecule has 0 aliphatic heterocycles. The van der Waals surface area contributed by atoms with Crippen molar-refractivity contribution in [2.24, 2.45) is 0 Å². The van der Waals surface area contributed by atoms with E-state index in [9.17, 15) is 19.8 Å². The number of aliphatic hydroxyl groups is 2. The molecule has 0 heterocycles. The van der Waals surface area contributed by atoms with E-state index < -0.39 is 24.1 Å². The van der Waals surface area contributed by atoms with Gasteiger partial charge in [-0.15, -0.1) is 0 Å². The van der Waals surface area contributed by atoms with Gasteiger partial charge in [0, 0.05) is 0 Å². The first-order chi connectivity index (χ1) is 10.5. The number of carbonyl (C=O) groups excluding carboxylic acids is 2. The topological polar surface area (TPSA) is 93.1 Å². The molecule has 0 amide bonds. The highest BCUT2D eigenvalue weighted by molar-refractivity contribution is 5.85. The van der Waals surface area contributed by atoms with Gasteiger partial charge in [0.1, 0.15) is 0 Å². The quantitative estimate of drug-likeness (QED) is 0.398. The summed E-state index contributed by atoms with van der Waals surface area (Å²) in [7, 11) is 0. The fourth-order valence-electron chi connectivity index (χ4n) is 1.83. The summed E-state index contributed by atoms with van der Waals surface area (Å²) >= 11 is 0. The van der Waals surface area contributed by atoms with Crippen molar-refractivity contribution in [2.75, 3.05) is 13.2 Å². The molecular weight excluding hydrogens is 288 g/mol. The number of rotatable bonds is 13. The van der Waals surface area contributed by atoms with Gasteiger partial charge in [0.25, 0.3) is 0 Å². The van der Waals surface area contributed by atoms with Crippen LogP contribution in [0.1, 0.15) is 65.2 Å². The van der Waals surface area contributed by atoms with Gasteiger partial charge in [-0.25, -0.2) is 9.59 Å². The first-order valence-electron chi connectivity index (χ1n) is 8.24. The summed E-state index contributed by atoms with van der Waals surface area (Å²) in [5.74, 6) is -1.99. The van der Waals surface area contributed by atoms with Crippen molar-refractivity contribution in [1.29, 1.82) is 0 Å². The summed E-state index contributed by atoms with van der Waals surface area (Å²) in [4.78, 5) is 23.0. The molecule has 0 aromatic rings.